The van der Waals surface area contributed by atoms with Crippen LogP contribution >= 0.6 is 0 Å². The van der Waals surface area contributed by atoms with Crippen LogP contribution in [0.3, 0.4) is 0 Å². The molecule has 0 radical (unpaired) electrons. The number of amides is 2. The zero-order valence-corrected chi connectivity index (χ0v) is 25.4. The Balaban J connectivity index is 1.29. The number of carbonyl (C=O) groups is 2. The molecule has 3 aromatic heterocycles. The molecule has 0 aromatic carbocycles. The molecule has 43 heavy (non-hydrogen) atoms. The third-order valence-corrected chi connectivity index (χ3v) is 9.92. The highest BCUT2D eigenvalue weighted by molar-refractivity contribution is 6.00. The lowest BCUT2D eigenvalue weighted by Gasteiger charge is -2.41. The SMILES string of the molecule is Cc1n[nH]c(C)c1-c1ccc(NC(=O)[C@@H](NC(=O)c2ccnn2CC2CC2)C(C2CCCCC2)C2CCCCC2)nc1F. The maximum absolute atomic E-state index is 15.3. The van der Waals surface area contributed by atoms with E-state index in [2.05, 4.69) is 30.9 Å². The minimum atomic E-state index is -0.758. The number of hydrogen-bond acceptors (Lipinski definition) is 5. The van der Waals surface area contributed by atoms with Crippen LogP contribution in [0.5, 0.6) is 0 Å². The van der Waals surface area contributed by atoms with Gasteiger partial charge in [0.05, 0.1) is 5.69 Å². The van der Waals surface area contributed by atoms with Crippen LogP contribution in [-0.4, -0.2) is 42.8 Å². The molecule has 3 aromatic rings. The van der Waals surface area contributed by atoms with Gasteiger partial charge < -0.3 is 10.6 Å². The Kier molecular flexibility index (Phi) is 8.90. The van der Waals surface area contributed by atoms with E-state index in [1.165, 1.54) is 12.8 Å². The molecule has 230 valence electrons. The van der Waals surface area contributed by atoms with Crippen LogP contribution in [0.4, 0.5) is 10.2 Å². The van der Waals surface area contributed by atoms with Gasteiger partial charge in [0.15, 0.2) is 0 Å². The lowest BCUT2D eigenvalue weighted by molar-refractivity contribution is -0.121. The smallest absolute Gasteiger partial charge is 0.270 e. The minimum absolute atomic E-state index is 0.00435. The Labute approximate surface area is 252 Å². The number of hydrogen-bond donors (Lipinski definition) is 3. The Morgan fingerprint density at radius 2 is 1.65 bits per heavy atom. The Hall–Kier alpha value is -3.56. The predicted octanol–water partition coefficient (Wildman–Crippen LogP) is 6.35. The summed E-state index contributed by atoms with van der Waals surface area (Å²) in [5.74, 6) is 0.103. The predicted molar refractivity (Wildman–Crippen MR) is 163 cm³/mol. The van der Waals surface area contributed by atoms with Gasteiger partial charge in [-0.1, -0.05) is 64.2 Å². The van der Waals surface area contributed by atoms with Crippen molar-refractivity contribution in [2.24, 2.45) is 23.7 Å². The van der Waals surface area contributed by atoms with E-state index in [1.54, 1.807) is 29.1 Å². The second kappa shape index (κ2) is 13.0. The molecule has 0 saturated heterocycles. The number of nitrogens with zero attached hydrogens (tertiary/aromatic N) is 4. The first-order valence-corrected chi connectivity index (χ1v) is 16.2. The van der Waals surface area contributed by atoms with Crippen molar-refractivity contribution in [3.63, 3.8) is 0 Å². The molecule has 2 amide bonds. The molecule has 3 heterocycles. The number of halogens is 1. The topological polar surface area (TPSA) is 118 Å². The summed E-state index contributed by atoms with van der Waals surface area (Å²) in [6.45, 7) is 4.37. The summed E-state index contributed by atoms with van der Waals surface area (Å²) in [5.41, 5.74) is 2.92. The molecule has 3 aliphatic carbocycles. The van der Waals surface area contributed by atoms with Crippen molar-refractivity contribution in [2.75, 3.05) is 5.32 Å². The minimum Gasteiger partial charge on any atom is -0.339 e. The molecule has 1 atom stereocenters. The standard InChI is InChI=1S/C33H44FN7O2/c1-20-28(21(2)40-39-20)25-15-16-27(36-31(25)34)37-33(43)30(38-32(42)26-17-18-35-41(26)19-22-13-14-22)29(23-9-5-3-6-10-23)24-11-7-4-8-12-24/h15-18,22-24,29-30H,3-14,19H2,1-2H3,(H,38,42)(H,39,40)(H,36,37,43)/t30-/m0/s1. The first-order chi connectivity index (χ1) is 20.9. The second-order valence-electron chi connectivity index (χ2n) is 13.0. The van der Waals surface area contributed by atoms with Crippen molar-refractivity contribution < 1.29 is 14.0 Å². The lowest BCUT2D eigenvalue weighted by Crippen LogP contribution is -2.53. The van der Waals surface area contributed by atoms with Crippen molar-refractivity contribution in [2.45, 2.75) is 103 Å². The van der Waals surface area contributed by atoms with E-state index in [9.17, 15) is 9.59 Å². The Bertz CT molecular complexity index is 1400. The number of nitrogens with one attached hydrogen (secondary N) is 3. The molecule has 10 heteroatoms. The average molecular weight is 590 g/mol. The van der Waals surface area contributed by atoms with Gasteiger partial charge in [-0.2, -0.15) is 14.6 Å². The molecule has 0 bridgehead atoms. The van der Waals surface area contributed by atoms with E-state index in [4.69, 9.17) is 0 Å². The second-order valence-corrected chi connectivity index (χ2v) is 13.0. The molecule has 3 aliphatic rings. The van der Waals surface area contributed by atoms with Crippen molar-refractivity contribution in [1.82, 2.24) is 30.3 Å². The summed E-state index contributed by atoms with van der Waals surface area (Å²) in [6, 6.07) is 4.23. The van der Waals surface area contributed by atoms with E-state index < -0.39 is 12.0 Å². The summed E-state index contributed by atoms with van der Waals surface area (Å²) in [6.07, 6.45) is 15.2. The van der Waals surface area contributed by atoms with E-state index >= 15 is 4.39 Å². The highest BCUT2D eigenvalue weighted by atomic mass is 19.1. The van der Waals surface area contributed by atoms with Crippen LogP contribution in [0.1, 0.15) is 98.9 Å². The van der Waals surface area contributed by atoms with Gasteiger partial charge in [0, 0.05) is 29.6 Å². The third kappa shape index (κ3) is 6.68. The number of H-pyrrole nitrogens is 1. The summed E-state index contributed by atoms with van der Waals surface area (Å²) in [7, 11) is 0. The fourth-order valence-electron chi connectivity index (χ4n) is 7.58. The molecule has 0 aliphatic heterocycles. The zero-order chi connectivity index (χ0) is 29.9. The van der Waals surface area contributed by atoms with Gasteiger partial charge in [-0.25, -0.2) is 4.98 Å². The fourth-order valence-corrected chi connectivity index (χ4v) is 7.58. The molecular formula is C33H44FN7O2. The van der Waals surface area contributed by atoms with Gasteiger partial charge in [-0.3, -0.25) is 19.4 Å². The summed E-state index contributed by atoms with van der Waals surface area (Å²) >= 11 is 0. The van der Waals surface area contributed by atoms with Crippen LogP contribution in [0.2, 0.25) is 0 Å². The van der Waals surface area contributed by atoms with Gasteiger partial charge in [-0.05, 0) is 68.6 Å². The van der Waals surface area contributed by atoms with E-state index in [1.807, 2.05) is 13.8 Å². The number of anilines is 1. The number of pyridine rings is 1. The molecule has 0 spiro atoms. The van der Waals surface area contributed by atoms with Gasteiger partial charge in [-0.15, -0.1) is 0 Å². The molecule has 3 saturated carbocycles. The summed E-state index contributed by atoms with van der Waals surface area (Å²) < 4.78 is 17.1. The van der Waals surface area contributed by atoms with Gasteiger partial charge in [0.1, 0.15) is 17.6 Å². The van der Waals surface area contributed by atoms with Crippen molar-refractivity contribution in [3.05, 3.63) is 47.4 Å². The largest absolute Gasteiger partial charge is 0.339 e. The van der Waals surface area contributed by atoms with Crippen LogP contribution < -0.4 is 10.6 Å². The Morgan fingerprint density at radius 1 is 0.977 bits per heavy atom. The maximum Gasteiger partial charge on any atom is 0.270 e. The van der Waals surface area contributed by atoms with Crippen LogP contribution in [0.25, 0.3) is 11.1 Å². The number of aromatic nitrogens is 5. The van der Waals surface area contributed by atoms with Crippen LogP contribution in [0, 0.1) is 43.5 Å². The highest BCUT2D eigenvalue weighted by Crippen LogP contribution is 2.42. The zero-order valence-electron chi connectivity index (χ0n) is 25.4. The molecular weight excluding hydrogens is 545 g/mol. The number of rotatable bonds is 10. The van der Waals surface area contributed by atoms with E-state index in [0.29, 0.717) is 46.8 Å². The molecule has 3 fully saturated rings. The summed E-state index contributed by atoms with van der Waals surface area (Å²) in [5, 5.41) is 17.6. The average Bonchev–Trinajstić information content (AvgIpc) is 3.60. The normalized spacial score (nSPS) is 19.0. The highest BCUT2D eigenvalue weighted by Gasteiger charge is 2.41. The number of carbonyl (C=O) groups excluding carboxylic acids is 2. The van der Waals surface area contributed by atoms with Crippen molar-refractivity contribution in [3.8, 4) is 11.1 Å². The van der Waals surface area contributed by atoms with Crippen LogP contribution in [0.15, 0.2) is 24.4 Å². The third-order valence-electron chi connectivity index (χ3n) is 9.92. The number of aryl methyl sites for hydroxylation is 2. The fraction of sp³-hybridized carbons (Fsp3) is 0.606. The molecule has 3 N–H and O–H groups in total. The van der Waals surface area contributed by atoms with Gasteiger partial charge in [0.25, 0.3) is 5.91 Å². The lowest BCUT2D eigenvalue weighted by atomic mass is 9.66. The maximum atomic E-state index is 15.3. The number of aromatic amines is 1. The van der Waals surface area contributed by atoms with Crippen molar-refractivity contribution >= 4 is 17.6 Å². The first kappa shape index (κ1) is 29.5. The van der Waals surface area contributed by atoms with Crippen LogP contribution in [-0.2, 0) is 11.3 Å². The van der Waals surface area contributed by atoms with E-state index in [-0.39, 0.29) is 23.6 Å². The molecule has 9 nitrogen and oxygen atoms in total. The van der Waals surface area contributed by atoms with Gasteiger partial charge in [0.2, 0.25) is 11.9 Å². The van der Waals surface area contributed by atoms with E-state index in [0.717, 1.165) is 69.9 Å². The molecule has 6 rings (SSSR count). The first-order valence-electron chi connectivity index (χ1n) is 16.2. The van der Waals surface area contributed by atoms with Gasteiger partial charge >= 0.3 is 0 Å². The summed E-state index contributed by atoms with van der Waals surface area (Å²) in [4.78, 5) is 32.2. The quantitative estimate of drug-likeness (QED) is 0.238. The monoisotopic (exact) mass is 589 g/mol. The Morgan fingerprint density at radius 3 is 2.23 bits per heavy atom. The molecule has 0 unspecified atom stereocenters. The van der Waals surface area contributed by atoms with Crippen molar-refractivity contribution in [1.29, 1.82) is 0 Å².